The summed E-state index contributed by atoms with van der Waals surface area (Å²) in [4.78, 5) is 59.6. The molecule has 1 aromatic rings. The fourth-order valence-corrected chi connectivity index (χ4v) is 4.18. The molecule has 1 saturated heterocycles. The van der Waals surface area contributed by atoms with Gasteiger partial charge in [0.2, 0.25) is 5.91 Å². The first-order chi connectivity index (χ1) is 17.1. The minimum atomic E-state index is -0.802. The molecule has 198 valence electrons. The highest BCUT2D eigenvalue weighted by Gasteiger charge is 2.46. The van der Waals surface area contributed by atoms with Crippen molar-refractivity contribution in [1.29, 1.82) is 0 Å². The number of ketones is 1. The van der Waals surface area contributed by atoms with Crippen molar-refractivity contribution in [1.82, 2.24) is 5.32 Å². The van der Waals surface area contributed by atoms with E-state index < -0.39 is 48.2 Å². The van der Waals surface area contributed by atoms with Crippen molar-refractivity contribution in [2.24, 2.45) is 5.92 Å². The SMILES string of the molecule is CC(=O)NC1C(CC(=O)CCCC(=O)OCc2ccccc2)OC(COC(C)=O)C(OC(C)=O)C1C. The summed E-state index contributed by atoms with van der Waals surface area (Å²) < 4.78 is 21.8. The topological polar surface area (TPSA) is 134 Å². The van der Waals surface area contributed by atoms with E-state index >= 15 is 0 Å². The Morgan fingerprint density at radius 2 is 1.61 bits per heavy atom. The quantitative estimate of drug-likeness (QED) is 0.335. The molecule has 1 heterocycles. The Hall–Kier alpha value is -3.27. The van der Waals surface area contributed by atoms with Crippen LogP contribution in [0.15, 0.2) is 30.3 Å². The van der Waals surface area contributed by atoms with Gasteiger partial charge in [0.05, 0.1) is 12.1 Å². The van der Waals surface area contributed by atoms with Crippen LogP contribution in [0.25, 0.3) is 0 Å². The molecular weight excluding hydrogens is 470 g/mol. The van der Waals surface area contributed by atoms with Crippen LogP contribution in [0.3, 0.4) is 0 Å². The lowest BCUT2D eigenvalue weighted by Crippen LogP contribution is -2.61. The second kappa shape index (κ2) is 14.3. The van der Waals surface area contributed by atoms with E-state index in [-0.39, 0.29) is 44.2 Å². The molecule has 10 nitrogen and oxygen atoms in total. The number of amides is 1. The lowest BCUT2D eigenvalue weighted by molar-refractivity contribution is -0.200. The van der Waals surface area contributed by atoms with Gasteiger partial charge in [0.15, 0.2) is 0 Å². The number of rotatable bonds is 12. The van der Waals surface area contributed by atoms with Crippen molar-refractivity contribution in [3.05, 3.63) is 35.9 Å². The van der Waals surface area contributed by atoms with Gasteiger partial charge in [-0.05, 0) is 12.0 Å². The van der Waals surface area contributed by atoms with Gasteiger partial charge in [-0.1, -0.05) is 37.3 Å². The lowest BCUT2D eigenvalue weighted by Gasteiger charge is -2.45. The first-order valence-electron chi connectivity index (χ1n) is 12.0. The van der Waals surface area contributed by atoms with Crippen LogP contribution in [0.2, 0.25) is 0 Å². The van der Waals surface area contributed by atoms with E-state index in [1.807, 2.05) is 30.3 Å². The van der Waals surface area contributed by atoms with Crippen LogP contribution in [0.1, 0.15) is 58.9 Å². The number of carbonyl (C=O) groups is 5. The molecule has 36 heavy (non-hydrogen) atoms. The number of hydrogen-bond acceptors (Lipinski definition) is 9. The number of esters is 3. The predicted octanol–water partition coefficient (Wildman–Crippen LogP) is 2.26. The largest absolute Gasteiger partial charge is 0.463 e. The number of nitrogens with one attached hydrogen (secondary N) is 1. The molecule has 0 spiro atoms. The number of Topliss-reactive ketones (excluding diaryl/α,β-unsaturated/α-hetero) is 1. The minimum absolute atomic E-state index is 0.0300. The summed E-state index contributed by atoms with van der Waals surface area (Å²) in [6.07, 6.45) is -1.81. The number of ether oxygens (including phenoxy) is 4. The zero-order chi connectivity index (χ0) is 26.7. The summed E-state index contributed by atoms with van der Waals surface area (Å²) in [7, 11) is 0. The van der Waals surface area contributed by atoms with Gasteiger partial charge in [0.25, 0.3) is 0 Å². The van der Waals surface area contributed by atoms with Gasteiger partial charge in [-0.3, -0.25) is 24.0 Å². The molecule has 1 fully saturated rings. The predicted molar refractivity (Wildman–Crippen MR) is 127 cm³/mol. The van der Waals surface area contributed by atoms with Gasteiger partial charge in [0.1, 0.15) is 31.2 Å². The van der Waals surface area contributed by atoms with E-state index in [4.69, 9.17) is 18.9 Å². The molecule has 10 heteroatoms. The summed E-state index contributed by atoms with van der Waals surface area (Å²) >= 11 is 0. The molecule has 1 N–H and O–H groups in total. The van der Waals surface area contributed by atoms with Gasteiger partial charge in [-0.15, -0.1) is 0 Å². The van der Waals surface area contributed by atoms with E-state index in [0.29, 0.717) is 6.42 Å². The molecule has 0 saturated carbocycles. The van der Waals surface area contributed by atoms with Gasteiger partial charge >= 0.3 is 17.9 Å². The average molecular weight is 506 g/mol. The Morgan fingerprint density at radius 1 is 0.917 bits per heavy atom. The van der Waals surface area contributed by atoms with Crippen molar-refractivity contribution >= 4 is 29.6 Å². The molecule has 5 unspecified atom stereocenters. The molecule has 2 rings (SSSR count). The number of carbonyl (C=O) groups excluding carboxylic acids is 5. The molecule has 1 aliphatic rings. The lowest BCUT2D eigenvalue weighted by atomic mass is 9.83. The van der Waals surface area contributed by atoms with Crippen LogP contribution in [0, 0.1) is 5.92 Å². The highest BCUT2D eigenvalue weighted by molar-refractivity contribution is 5.80. The molecule has 1 amide bonds. The van der Waals surface area contributed by atoms with E-state index in [9.17, 15) is 24.0 Å². The summed E-state index contributed by atoms with van der Waals surface area (Å²) in [6.45, 7) is 5.63. The maximum Gasteiger partial charge on any atom is 0.306 e. The maximum absolute atomic E-state index is 12.7. The van der Waals surface area contributed by atoms with E-state index in [1.165, 1.54) is 20.8 Å². The van der Waals surface area contributed by atoms with Crippen molar-refractivity contribution in [2.45, 2.75) is 84.3 Å². The number of benzene rings is 1. The van der Waals surface area contributed by atoms with Gasteiger partial charge < -0.3 is 24.3 Å². The number of hydrogen-bond donors (Lipinski definition) is 1. The molecule has 1 aliphatic heterocycles. The zero-order valence-corrected chi connectivity index (χ0v) is 21.2. The van der Waals surface area contributed by atoms with Crippen molar-refractivity contribution < 1.29 is 42.9 Å². The zero-order valence-electron chi connectivity index (χ0n) is 21.2. The van der Waals surface area contributed by atoms with E-state index in [2.05, 4.69) is 5.32 Å². The monoisotopic (exact) mass is 505 g/mol. The van der Waals surface area contributed by atoms with Crippen LogP contribution < -0.4 is 5.32 Å². The van der Waals surface area contributed by atoms with Crippen LogP contribution in [-0.2, 0) is 49.5 Å². The summed E-state index contributed by atoms with van der Waals surface area (Å²) in [6, 6.07) is 8.69. The Kier molecular flexibility index (Phi) is 11.5. The molecule has 0 bridgehead atoms. The summed E-state index contributed by atoms with van der Waals surface area (Å²) in [5, 5.41) is 2.79. The smallest absolute Gasteiger partial charge is 0.306 e. The third-order valence-electron chi connectivity index (χ3n) is 5.83. The third kappa shape index (κ3) is 9.77. The van der Waals surface area contributed by atoms with Crippen LogP contribution in [-0.4, -0.2) is 60.6 Å². The highest BCUT2D eigenvalue weighted by atomic mass is 16.6. The highest BCUT2D eigenvalue weighted by Crippen LogP contribution is 2.31. The van der Waals surface area contributed by atoms with Gasteiger partial charge in [-0.25, -0.2) is 0 Å². The van der Waals surface area contributed by atoms with Crippen molar-refractivity contribution in [2.75, 3.05) is 6.61 Å². The Balaban J connectivity index is 1.95. The molecule has 0 aromatic heterocycles. The van der Waals surface area contributed by atoms with Crippen LogP contribution >= 0.6 is 0 Å². The molecule has 0 aliphatic carbocycles. The maximum atomic E-state index is 12.7. The molecule has 5 atom stereocenters. The summed E-state index contributed by atoms with van der Waals surface area (Å²) in [5.74, 6) is -2.36. The summed E-state index contributed by atoms with van der Waals surface area (Å²) in [5.41, 5.74) is 0.880. The second-order valence-corrected chi connectivity index (χ2v) is 8.92. The third-order valence-corrected chi connectivity index (χ3v) is 5.83. The first-order valence-corrected chi connectivity index (χ1v) is 12.0. The van der Waals surface area contributed by atoms with Gasteiger partial charge in [0, 0.05) is 46.0 Å². The molecule has 1 aromatic carbocycles. The Bertz CT molecular complexity index is 915. The second-order valence-electron chi connectivity index (χ2n) is 8.92. The van der Waals surface area contributed by atoms with E-state index in [1.54, 1.807) is 6.92 Å². The fraction of sp³-hybridized carbons (Fsp3) is 0.577. The first kappa shape index (κ1) is 29.0. The average Bonchev–Trinajstić information content (AvgIpc) is 2.81. The standard InChI is InChI=1S/C26H35NO9/c1-16-25(27-17(2)28)22(36-23(15-33-18(3)29)26(16)35-19(4)30)13-21(31)11-8-12-24(32)34-14-20-9-6-5-7-10-20/h5-7,9-10,16,22-23,25-26H,8,11-15H2,1-4H3,(H,27,28). The normalized spacial score (nSPS) is 23.3. The Morgan fingerprint density at radius 3 is 2.22 bits per heavy atom. The Labute approximate surface area is 211 Å². The van der Waals surface area contributed by atoms with Crippen molar-refractivity contribution in [3.63, 3.8) is 0 Å². The molecule has 0 radical (unpaired) electrons. The van der Waals surface area contributed by atoms with E-state index in [0.717, 1.165) is 5.56 Å². The fourth-order valence-electron chi connectivity index (χ4n) is 4.18. The van der Waals surface area contributed by atoms with Crippen LogP contribution in [0.4, 0.5) is 0 Å². The molecular formula is C26H35NO9. The minimum Gasteiger partial charge on any atom is -0.463 e. The van der Waals surface area contributed by atoms with Crippen molar-refractivity contribution in [3.8, 4) is 0 Å². The van der Waals surface area contributed by atoms with Crippen LogP contribution in [0.5, 0.6) is 0 Å². The van der Waals surface area contributed by atoms with Gasteiger partial charge in [-0.2, -0.15) is 0 Å².